The van der Waals surface area contributed by atoms with Crippen molar-refractivity contribution in [2.24, 2.45) is 0 Å². The minimum atomic E-state index is -0.829. The summed E-state index contributed by atoms with van der Waals surface area (Å²) in [6.07, 6.45) is 2.10. The van der Waals surface area contributed by atoms with Crippen LogP contribution in [0.15, 0.2) is 42.7 Å². The molecule has 82 valence electrons. The molecule has 0 radical (unpaired) electrons. The Morgan fingerprint density at radius 3 is 2.12 bits per heavy atom. The van der Waals surface area contributed by atoms with E-state index in [0.717, 1.165) is 5.56 Å². The van der Waals surface area contributed by atoms with E-state index in [0.29, 0.717) is 15.6 Å². The third-order valence-corrected chi connectivity index (χ3v) is 2.88. The second-order valence-electron chi connectivity index (χ2n) is 3.33. The molecule has 0 spiro atoms. The minimum absolute atomic E-state index is 0.365. The van der Waals surface area contributed by atoms with Gasteiger partial charge in [-0.2, -0.15) is 0 Å². The highest BCUT2D eigenvalue weighted by Gasteiger charge is 2.17. The van der Waals surface area contributed by atoms with E-state index in [2.05, 4.69) is 4.98 Å². The molecule has 0 bridgehead atoms. The van der Waals surface area contributed by atoms with Crippen molar-refractivity contribution in [1.82, 2.24) is 4.98 Å². The van der Waals surface area contributed by atoms with Crippen LogP contribution in [0.3, 0.4) is 0 Å². The average molecular weight is 254 g/mol. The summed E-state index contributed by atoms with van der Waals surface area (Å²) in [7, 11) is 0. The molecule has 0 saturated heterocycles. The molecule has 2 nitrogen and oxygen atoms in total. The first-order valence-electron chi connectivity index (χ1n) is 4.72. The Bertz CT molecular complexity index is 467. The first-order valence-corrected chi connectivity index (χ1v) is 5.47. The Balaban J connectivity index is 2.46. The van der Waals surface area contributed by atoms with Gasteiger partial charge in [0.25, 0.3) is 0 Å². The van der Waals surface area contributed by atoms with Crippen molar-refractivity contribution in [3.63, 3.8) is 0 Å². The number of hydrogen-bond acceptors (Lipinski definition) is 2. The van der Waals surface area contributed by atoms with Crippen molar-refractivity contribution in [2.75, 3.05) is 0 Å². The molecule has 1 heterocycles. The highest BCUT2D eigenvalue weighted by atomic mass is 35.5. The molecular weight excluding hydrogens is 245 g/mol. The minimum Gasteiger partial charge on any atom is -0.384 e. The SMILES string of the molecule is OC(c1ccccc1)c1c(Cl)cncc1Cl. The summed E-state index contributed by atoms with van der Waals surface area (Å²) in [5, 5.41) is 10.9. The number of halogens is 2. The lowest BCUT2D eigenvalue weighted by Crippen LogP contribution is -2.01. The lowest BCUT2D eigenvalue weighted by atomic mass is 10.0. The van der Waals surface area contributed by atoms with Crippen LogP contribution in [0.25, 0.3) is 0 Å². The van der Waals surface area contributed by atoms with Crippen LogP contribution in [0.1, 0.15) is 17.2 Å². The first-order chi connectivity index (χ1) is 7.70. The van der Waals surface area contributed by atoms with Gasteiger partial charge in [-0.25, -0.2) is 0 Å². The summed E-state index contributed by atoms with van der Waals surface area (Å²) in [6.45, 7) is 0. The number of aliphatic hydroxyl groups is 1. The van der Waals surface area contributed by atoms with Crippen molar-refractivity contribution >= 4 is 23.2 Å². The van der Waals surface area contributed by atoms with Crippen LogP contribution in [0.4, 0.5) is 0 Å². The number of pyridine rings is 1. The Morgan fingerprint density at radius 1 is 1.00 bits per heavy atom. The maximum absolute atomic E-state index is 10.2. The number of benzene rings is 1. The van der Waals surface area contributed by atoms with Crippen LogP contribution in [-0.2, 0) is 0 Å². The van der Waals surface area contributed by atoms with E-state index < -0.39 is 6.10 Å². The van der Waals surface area contributed by atoms with Gasteiger partial charge in [-0.3, -0.25) is 4.98 Å². The molecule has 1 atom stereocenters. The van der Waals surface area contributed by atoms with Gasteiger partial charge in [0.15, 0.2) is 0 Å². The van der Waals surface area contributed by atoms with Gasteiger partial charge in [0.1, 0.15) is 6.10 Å². The molecule has 0 amide bonds. The van der Waals surface area contributed by atoms with Gasteiger partial charge in [-0.15, -0.1) is 0 Å². The zero-order valence-corrected chi connectivity index (χ0v) is 9.78. The number of aliphatic hydroxyl groups excluding tert-OH is 1. The number of nitrogens with zero attached hydrogens (tertiary/aromatic N) is 1. The molecule has 0 aliphatic rings. The molecule has 1 aromatic carbocycles. The Hall–Kier alpha value is -1.09. The molecule has 1 N–H and O–H groups in total. The van der Waals surface area contributed by atoms with Crippen molar-refractivity contribution in [1.29, 1.82) is 0 Å². The van der Waals surface area contributed by atoms with E-state index in [1.807, 2.05) is 30.3 Å². The molecule has 0 fully saturated rings. The summed E-state index contributed by atoms with van der Waals surface area (Å²) in [5.74, 6) is 0. The predicted octanol–water partition coefficient (Wildman–Crippen LogP) is 3.47. The van der Waals surface area contributed by atoms with E-state index in [-0.39, 0.29) is 0 Å². The zero-order chi connectivity index (χ0) is 11.5. The first kappa shape index (κ1) is 11.4. The smallest absolute Gasteiger partial charge is 0.107 e. The second-order valence-corrected chi connectivity index (χ2v) is 4.14. The van der Waals surface area contributed by atoms with Gasteiger partial charge >= 0.3 is 0 Å². The van der Waals surface area contributed by atoms with Crippen molar-refractivity contribution < 1.29 is 5.11 Å². The summed E-state index contributed by atoms with van der Waals surface area (Å²) in [6, 6.07) is 9.21. The maximum atomic E-state index is 10.2. The highest BCUT2D eigenvalue weighted by Crippen LogP contribution is 2.32. The van der Waals surface area contributed by atoms with Gasteiger partial charge in [-0.1, -0.05) is 53.5 Å². The van der Waals surface area contributed by atoms with Crippen LogP contribution in [0.5, 0.6) is 0 Å². The van der Waals surface area contributed by atoms with E-state index in [4.69, 9.17) is 23.2 Å². The van der Waals surface area contributed by atoms with Crippen LogP contribution >= 0.6 is 23.2 Å². The molecular formula is C12H9Cl2NO. The normalized spacial score (nSPS) is 12.4. The summed E-state index contributed by atoms with van der Waals surface area (Å²) >= 11 is 11.9. The number of rotatable bonds is 2. The maximum Gasteiger partial charge on any atom is 0.107 e. The third-order valence-electron chi connectivity index (χ3n) is 2.28. The Labute approximate surface area is 103 Å². The monoisotopic (exact) mass is 253 g/mol. The van der Waals surface area contributed by atoms with Crippen LogP contribution in [0.2, 0.25) is 10.0 Å². The fourth-order valence-electron chi connectivity index (χ4n) is 1.48. The largest absolute Gasteiger partial charge is 0.384 e. The summed E-state index contributed by atoms with van der Waals surface area (Å²) in [5.41, 5.74) is 1.24. The van der Waals surface area contributed by atoms with Crippen molar-refractivity contribution in [3.05, 3.63) is 63.9 Å². The molecule has 2 rings (SSSR count). The Kier molecular flexibility index (Phi) is 3.44. The predicted molar refractivity (Wildman–Crippen MR) is 64.8 cm³/mol. The Morgan fingerprint density at radius 2 is 1.56 bits per heavy atom. The quantitative estimate of drug-likeness (QED) is 0.890. The van der Waals surface area contributed by atoms with E-state index in [1.54, 1.807) is 0 Å². The fourth-order valence-corrected chi connectivity index (χ4v) is 2.06. The van der Waals surface area contributed by atoms with Crippen LogP contribution in [0, 0.1) is 0 Å². The third kappa shape index (κ3) is 2.19. The van der Waals surface area contributed by atoms with E-state index in [1.165, 1.54) is 12.4 Å². The molecule has 4 heteroatoms. The summed E-state index contributed by atoms with van der Waals surface area (Å²) in [4.78, 5) is 3.85. The highest BCUT2D eigenvalue weighted by molar-refractivity contribution is 6.35. The average Bonchev–Trinajstić information content (AvgIpc) is 2.30. The second kappa shape index (κ2) is 4.83. The van der Waals surface area contributed by atoms with Gasteiger partial charge in [0, 0.05) is 18.0 Å². The van der Waals surface area contributed by atoms with Crippen LogP contribution < -0.4 is 0 Å². The standard InChI is InChI=1S/C12H9Cl2NO/c13-9-6-15-7-10(14)11(9)12(16)8-4-2-1-3-5-8/h1-7,12,16H. The zero-order valence-electron chi connectivity index (χ0n) is 8.27. The van der Waals surface area contributed by atoms with Gasteiger partial charge in [-0.05, 0) is 5.56 Å². The van der Waals surface area contributed by atoms with Crippen LogP contribution in [-0.4, -0.2) is 10.1 Å². The lowest BCUT2D eigenvalue weighted by molar-refractivity contribution is 0.220. The lowest BCUT2D eigenvalue weighted by Gasteiger charge is -2.14. The van der Waals surface area contributed by atoms with Gasteiger partial charge in [0.2, 0.25) is 0 Å². The molecule has 0 aliphatic heterocycles. The summed E-state index contributed by atoms with van der Waals surface area (Å²) < 4.78 is 0. The van der Waals surface area contributed by atoms with E-state index in [9.17, 15) is 5.11 Å². The molecule has 0 saturated carbocycles. The van der Waals surface area contributed by atoms with Gasteiger partial charge < -0.3 is 5.11 Å². The van der Waals surface area contributed by atoms with Crippen molar-refractivity contribution in [3.8, 4) is 0 Å². The molecule has 2 aromatic rings. The topological polar surface area (TPSA) is 33.1 Å². The molecule has 16 heavy (non-hydrogen) atoms. The fraction of sp³-hybridized carbons (Fsp3) is 0.0833. The number of hydrogen-bond donors (Lipinski definition) is 1. The molecule has 0 aliphatic carbocycles. The van der Waals surface area contributed by atoms with Crippen molar-refractivity contribution in [2.45, 2.75) is 6.10 Å². The number of aromatic nitrogens is 1. The molecule has 1 aromatic heterocycles. The van der Waals surface area contributed by atoms with Gasteiger partial charge in [0.05, 0.1) is 10.0 Å². The molecule has 1 unspecified atom stereocenters. The van der Waals surface area contributed by atoms with E-state index >= 15 is 0 Å².